The highest BCUT2D eigenvalue weighted by atomic mass is 16.6. The first-order valence-corrected chi connectivity index (χ1v) is 15.0. The minimum Gasteiger partial charge on any atom is -0.507 e. The van der Waals surface area contributed by atoms with Gasteiger partial charge in [0.1, 0.15) is 51.9 Å². The molecule has 0 amide bonds. The van der Waals surface area contributed by atoms with Crippen LogP contribution in [0.25, 0.3) is 0 Å². The van der Waals surface area contributed by atoms with E-state index >= 15 is 0 Å². The standard InChI is InChI=1S/C22H16O12.C13H16O4/c1-8-5-12(24)10(6-23)19-15(8)22(31)34-20-11(7-32-14(27)4-3-13(25)26)17(28)16(21(29)30)9(2)18(20)33-19;1-13(2)7-6-8-10(17-13)5-4-9(12(14)15)11(8)16-3/h3-6,24,28H,7H2,1-2H3,(H,25,26)(H,29,30);4-5H,6-7H2,1-3H3,(H,14,15). The Morgan fingerprint density at radius 2 is 1.65 bits per heavy atom. The Hall–Kier alpha value is -6.58. The lowest BCUT2D eigenvalue weighted by Crippen LogP contribution is -2.32. The summed E-state index contributed by atoms with van der Waals surface area (Å²) in [6, 6.07) is 4.37. The summed E-state index contributed by atoms with van der Waals surface area (Å²) < 4.78 is 27.0. The van der Waals surface area contributed by atoms with Gasteiger partial charge in [-0.2, -0.15) is 0 Å². The molecular weight excluding hydrogens is 676 g/mol. The van der Waals surface area contributed by atoms with Gasteiger partial charge in [0.05, 0.1) is 18.2 Å². The average molecular weight is 709 g/mol. The number of aliphatic carboxylic acids is 1. The Morgan fingerprint density at radius 3 is 2.24 bits per heavy atom. The number of aromatic carboxylic acids is 2. The lowest BCUT2D eigenvalue weighted by molar-refractivity contribution is -0.139. The van der Waals surface area contributed by atoms with Gasteiger partial charge in [-0.3, -0.25) is 4.79 Å². The Bertz CT molecular complexity index is 2020. The molecule has 268 valence electrons. The second kappa shape index (κ2) is 14.5. The number of aromatic hydroxyl groups is 2. The third-order valence-electron chi connectivity index (χ3n) is 7.88. The molecule has 16 nitrogen and oxygen atoms in total. The number of carbonyl (C=O) groups excluding carboxylic acids is 3. The first-order valence-electron chi connectivity index (χ1n) is 15.0. The van der Waals surface area contributed by atoms with E-state index in [0.717, 1.165) is 30.2 Å². The van der Waals surface area contributed by atoms with Crippen molar-refractivity contribution >= 4 is 36.1 Å². The molecular formula is C35H32O16. The zero-order valence-electron chi connectivity index (χ0n) is 27.8. The minimum absolute atomic E-state index is 0.169. The molecule has 16 heteroatoms. The van der Waals surface area contributed by atoms with E-state index in [1.54, 1.807) is 6.07 Å². The number of aldehydes is 1. The van der Waals surface area contributed by atoms with Crippen molar-refractivity contribution in [1.29, 1.82) is 0 Å². The molecule has 0 unspecified atom stereocenters. The maximum atomic E-state index is 12.9. The molecule has 5 rings (SSSR count). The van der Waals surface area contributed by atoms with Crippen molar-refractivity contribution in [2.24, 2.45) is 0 Å². The van der Waals surface area contributed by atoms with Gasteiger partial charge in [-0.1, -0.05) is 0 Å². The lowest BCUT2D eigenvalue weighted by atomic mass is 9.92. The van der Waals surface area contributed by atoms with Crippen molar-refractivity contribution in [3.05, 3.63) is 74.9 Å². The van der Waals surface area contributed by atoms with Gasteiger partial charge < -0.3 is 49.2 Å². The summed E-state index contributed by atoms with van der Waals surface area (Å²) in [5.41, 5.74) is -0.965. The van der Waals surface area contributed by atoms with Crippen LogP contribution in [0.3, 0.4) is 0 Å². The second-order valence-corrected chi connectivity index (χ2v) is 11.8. The van der Waals surface area contributed by atoms with Crippen molar-refractivity contribution in [1.82, 2.24) is 0 Å². The molecule has 5 N–H and O–H groups in total. The van der Waals surface area contributed by atoms with E-state index in [1.165, 1.54) is 27.0 Å². The van der Waals surface area contributed by atoms with E-state index in [9.17, 15) is 44.1 Å². The van der Waals surface area contributed by atoms with E-state index in [1.807, 2.05) is 13.8 Å². The first kappa shape index (κ1) is 37.2. The monoisotopic (exact) mass is 708 g/mol. The second-order valence-electron chi connectivity index (χ2n) is 11.8. The zero-order chi connectivity index (χ0) is 37.9. The number of phenols is 2. The Morgan fingerprint density at radius 1 is 0.961 bits per heavy atom. The molecule has 3 aromatic carbocycles. The largest absolute Gasteiger partial charge is 0.507 e. The molecule has 0 saturated heterocycles. The normalized spacial score (nSPS) is 13.7. The Kier molecular flexibility index (Phi) is 10.6. The van der Waals surface area contributed by atoms with Crippen LogP contribution >= 0.6 is 0 Å². The summed E-state index contributed by atoms with van der Waals surface area (Å²) in [6.07, 6.45) is 2.92. The average Bonchev–Trinajstić information content (AvgIpc) is 3.19. The minimum atomic E-state index is -1.60. The molecule has 2 aliphatic heterocycles. The van der Waals surface area contributed by atoms with Crippen LogP contribution in [-0.2, 0) is 27.4 Å². The van der Waals surface area contributed by atoms with E-state index in [4.69, 9.17) is 33.9 Å². The van der Waals surface area contributed by atoms with Crippen LogP contribution in [-0.4, -0.2) is 74.4 Å². The summed E-state index contributed by atoms with van der Waals surface area (Å²) in [5, 5.41) is 48.0. The number of benzene rings is 3. The quantitative estimate of drug-likeness (QED) is 0.0918. The van der Waals surface area contributed by atoms with E-state index in [2.05, 4.69) is 0 Å². The summed E-state index contributed by atoms with van der Waals surface area (Å²) in [5.74, 6) is -7.74. The number of fused-ring (bicyclic) bond motifs is 3. The molecule has 2 aliphatic rings. The fraction of sp³-hybridized carbons (Fsp3) is 0.257. The first-order chi connectivity index (χ1) is 23.9. The fourth-order valence-corrected chi connectivity index (χ4v) is 5.44. The van der Waals surface area contributed by atoms with Gasteiger partial charge in [-0.05, 0) is 64.3 Å². The molecule has 51 heavy (non-hydrogen) atoms. The van der Waals surface area contributed by atoms with Crippen LogP contribution in [0.2, 0.25) is 0 Å². The zero-order valence-corrected chi connectivity index (χ0v) is 27.8. The SMILES string of the molecule is COc1c(C(=O)O)ccc2c1CCC(C)(C)O2.Cc1cc(O)c(C=O)c2c1C(=O)Oc1c(COC(=O)C=CC(=O)O)c(O)c(C(=O)O)c(C)c1O2. The predicted octanol–water partition coefficient (Wildman–Crippen LogP) is 4.73. The predicted molar refractivity (Wildman–Crippen MR) is 173 cm³/mol. The van der Waals surface area contributed by atoms with Crippen molar-refractivity contribution in [3.8, 4) is 40.2 Å². The van der Waals surface area contributed by atoms with Gasteiger partial charge in [0.2, 0.25) is 0 Å². The highest BCUT2D eigenvalue weighted by Crippen LogP contribution is 2.50. The molecule has 0 saturated carbocycles. The van der Waals surface area contributed by atoms with Crippen molar-refractivity contribution in [2.45, 2.75) is 52.7 Å². The molecule has 0 spiro atoms. The van der Waals surface area contributed by atoms with Crippen molar-refractivity contribution in [2.75, 3.05) is 7.11 Å². The molecule has 0 bridgehead atoms. The highest BCUT2D eigenvalue weighted by Gasteiger charge is 2.36. The van der Waals surface area contributed by atoms with E-state index in [0.29, 0.717) is 17.9 Å². The van der Waals surface area contributed by atoms with Gasteiger partial charge in [0.25, 0.3) is 0 Å². The van der Waals surface area contributed by atoms with Crippen LogP contribution in [0.15, 0.2) is 30.4 Å². The summed E-state index contributed by atoms with van der Waals surface area (Å²) >= 11 is 0. The van der Waals surface area contributed by atoms with Crippen LogP contribution in [0.1, 0.15) is 84.0 Å². The number of carboxylic acid groups (broad SMARTS) is 3. The molecule has 0 aliphatic carbocycles. The summed E-state index contributed by atoms with van der Waals surface area (Å²) in [4.78, 5) is 69.7. The number of esters is 2. The molecule has 0 atom stereocenters. The number of carboxylic acids is 3. The lowest BCUT2D eigenvalue weighted by Gasteiger charge is -2.33. The maximum Gasteiger partial charge on any atom is 0.347 e. The van der Waals surface area contributed by atoms with Crippen molar-refractivity contribution < 1.29 is 78.0 Å². The summed E-state index contributed by atoms with van der Waals surface area (Å²) in [7, 11) is 1.49. The number of rotatable bonds is 8. The molecule has 3 aromatic rings. The van der Waals surface area contributed by atoms with Gasteiger partial charge in [0, 0.05) is 23.3 Å². The third-order valence-corrected chi connectivity index (χ3v) is 7.88. The number of hydrogen-bond donors (Lipinski definition) is 5. The van der Waals surface area contributed by atoms with Gasteiger partial charge in [-0.25, -0.2) is 24.0 Å². The number of ether oxygens (including phenoxy) is 5. The van der Waals surface area contributed by atoms with Crippen LogP contribution in [0.5, 0.6) is 40.2 Å². The highest BCUT2D eigenvalue weighted by molar-refractivity contribution is 6.03. The Labute approximate surface area is 289 Å². The topological polar surface area (TPSA) is 250 Å². The molecule has 0 fully saturated rings. The van der Waals surface area contributed by atoms with Crippen LogP contribution in [0, 0.1) is 13.8 Å². The van der Waals surface area contributed by atoms with E-state index in [-0.39, 0.29) is 39.9 Å². The molecule has 2 heterocycles. The molecule has 0 radical (unpaired) electrons. The smallest absolute Gasteiger partial charge is 0.347 e. The number of phenolic OH excluding ortho intramolecular Hbond substituents is 1. The van der Waals surface area contributed by atoms with Gasteiger partial charge in [-0.15, -0.1) is 0 Å². The van der Waals surface area contributed by atoms with Gasteiger partial charge in [0.15, 0.2) is 23.5 Å². The number of aryl methyl sites for hydroxylation is 1. The number of hydrogen-bond acceptors (Lipinski definition) is 13. The summed E-state index contributed by atoms with van der Waals surface area (Å²) in [6.45, 7) is 5.87. The Balaban J connectivity index is 0.000000286. The van der Waals surface area contributed by atoms with Crippen molar-refractivity contribution in [3.63, 3.8) is 0 Å². The number of carbonyl (C=O) groups is 6. The van der Waals surface area contributed by atoms with Crippen LogP contribution in [0.4, 0.5) is 0 Å². The van der Waals surface area contributed by atoms with E-state index < -0.39 is 76.1 Å². The molecule has 0 aromatic heterocycles. The van der Waals surface area contributed by atoms with Crippen LogP contribution < -0.4 is 18.9 Å². The third kappa shape index (κ3) is 7.54. The number of methoxy groups -OCH3 is 1. The fourth-order valence-electron chi connectivity index (χ4n) is 5.44. The maximum absolute atomic E-state index is 12.9. The van der Waals surface area contributed by atoms with Gasteiger partial charge >= 0.3 is 29.8 Å².